The van der Waals surface area contributed by atoms with E-state index in [1.165, 1.54) is 0 Å². The number of nitrogens with one attached hydrogen (secondary N) is 1. The van der Waals surface area contributed by atoms with Gasteiger partial charge in [-0.3, -0.25) is 4.79 Å². The van der Waals surface area contributed by atoms with E-state index in [1.54, 1.807) is 0 Å². The van der Waals surface area contributed by atoms with Crippen molar-refractivity contribution < 1.29 is 19.0 Å². The smallest absolute Gasteiger partial charge is 0.221 e. The lowest BCUT2D eigenvalue weighted by atomic mass is 10.4. The molecule has 0 fully saturated rings. The first kappa shape index (κ1) is 19.3. The molecule has 0 aromatic heterocycles. The summed E-state index contributed by atoms with van der Waals surface area (Å²) in [4.78, 5) is 13.3. The zero-order chi connectivity index (χ0) is 15.1. The molecule has 120 valence electrons. The van der Waals surface area contributed by atoms with E-state index in [0.717, 1.165) is 6.54 Å². The maximum Gasteiger partial charge on any atom is 0.221 e. The predicted octanol–water partition coefficient (Wildman–Crippen LogP) is -0.937. The number of carbonyl (C=O) groups excluding carboxylic acids is 1. The van der Waals surface area contributed by atoms with E-state index in [0.29, 0.717) is 59.2 Å². The fourth-order valence-electron chi connectivity index (χ4n) is 1.30. The molecule has 0 aliphatic heterocycles. The average Bonchev–Trinajstić information content (AvgIpc) is 2.42. The third-order valence-corrected chi connectivity index (χ3v) is 2.36. The Hall–Kier alpha value is -0.730. The summed E-state index contributed by atoms with van der Waals surface area (Å²) >= 11 is 0. The van der Waals surface area contributed by atoms with E-state index in [2.05, 4.69) is 5.32 Å². The molecule has 0 saturated heterocycles. The molecular formula is C13H29N3O4. The van der Waals surface area contributed by atoms with Gasteiger partial charge in [-0.05, 0) is 14.1 Å². The Bertz CT molecular complexity index is 228. The minimum absolute atomic E-state index is 0.0515. The summed E-state index contributed by atoms with van der Waals surface area (Å²) in [5, 5.41) is 2.80. The first-order valence-electron chi connectivity index (χ1n) is 7.01. The SMILES string of the molecule is CN(C)CCC(=O)NCCOCCOCCOCCN. The van der Waals surface area contributed by atoms with Gasteiger partial charge in [0.05, 0.1) is 39.6 Å². The van der Waals surface area contributed by atoms with Crippen molar-refractivity contribution in [3.8, 4) is 0 Å². The summed E-state index contributed by atoms with van der Waals surface area (Å²) in [5.41, 5.74) is 5.27. The highest BCUT2D eigenvalue weighted by molar-refractivity contribution is 5.75. The van der Waals surface area contributed by atoms with Gasteiger partial charge in [0, 0.05) is 26.1 Å². The standard InChI is InChI=1S/C13H29N3O4/c1-16(2)6-3-13(17)15-5-8-19-10-12-20-11-9-18-7-4-14/h3-12,14H2,1-2H3,(H,15,17). The van der Waals surface area contributed by atoms with Crippen LogP contribution < -0.4 is 11.1 Å². The van der Waals surface area contributed by atoms with E-state index in [1.807, 2.05) is 19.0 Å². The molecular weight excluding hydrogens is 262 g/mol. The highest BCUT2D eigenvalue weighted by atomic mass is 16.5. The lowest BCUT2D eigenvalue weighted by Gasteiger charge is -2.10. The van der Waals surface area contributed by atoms with E-state index in [-0.39, 0.29) is 5.91 Å². The summed E-state index contributed by atoms with van der Waals surface area (Å²) < 4.78 is 15.8. The van der Waals surface area contributed by atoms with Crippen LogP contribution in [0, 0.1) is 0 Å². The van der Waals surface area contributed by atoms with Crippen molar-refractivity contribution in [3.63, 3.8) is 0 Å². The highest BCUT2D eigenvalue weighted by Gasteiger charge is 2.00. The second kappa shape index (κ2) is 14.7. The molecule has 0 aliphatic carbocycles. The number of hydrogen-bond donors (Lipinski definition) is 2. The molecule has 0 heterocycles. The Morgan fingerprint density at radius 3 is 2.10 bits per heavy atom. The normalized spacial score (nSPS) is 11.0. The Kier molecular flexibility index (Phi) is 14.1. The molecule has 7 nitrogen and oxygen atoms in total. The largest absolute Gasteiger partial charge is 0.378 e. The van der Waals surface area contributed by atoms with Crippen molar-refractivity contribution in [3.05, 3.63) is 0 Å². The zero-order valence-corrected chi connectivity index (χ0v) is 12.7. The first-order chi connectivity index (χ1) is 9.66. The van der Waals surface area contributed by atoms with Crippen LogP contribution in [-0.4, -0.2) is 84.2 Å². The van der Waals surface area contributed by atoms with Crippen LogP contribution >= 0.6 is 0 Å². The zero-order valence-electron chi connectivity index (χ0n) is 12.7. The summed E-state index contributed by atoms with van der Waals surface area (Å²) in [6.07, 6.45) is 0.513. The molecule has 0 aliphatic rings. The van der Waals surface area contributed by atoms with Crippen LogP contribution in [0.4, 0.5) is 0 Å². The molecule has 1 amide bonds. The molecule has 0 bridgehead atoms. The van der Waals surface area contributed by atoms with Gasteiger partial charge in [-0.1, -0.05) is 0 Å². The van der Waals surface area contributed by atoms with Crippen LogP contribution in [0.15, 0.2) is 0 Å². The van der Waals surface area contributed by atoms with Crippen LogP contribution in [0.2, 0.25) is 0 Å². The number of nitrogens with zero attached hydrogens (tertiary/aromatic N) is 1. The van der Waals surface area contributed by atoms with Crippen LogP contribution in [0.25, 0.3) is 0 Å². The van der Waals surface area contributed by atoms with Crippen LogP contribution in [0.1, 0.15) is 6.42 Å². The number of carbonyl (C=O) groups is 1. The van der Waals surface area contributed by atoms with Crippen LogP contribution in [0.5, 0.6) is 0 Å². The van der Waals surface area contributed by atoms with Gasteiger partial charge in [-0.25, -0.2) is 0 Å². The number of ether oxygens (including phenoxy) is 3. The van der Waals surface area contributed by atoms with E-state index >= 15 is 0 Å². The second-order valence-corrected chi connectivity index (χ2v) is 4.53. The lowest BCUT2D eigenvalue weighted by Crippen LogP contribution is -2.30. The predicted molar refractivity (Wildman–Crippen MR) is 77.7 cm³/mol. The van der Waals surface area contributed by atoms with E-state index in [4.69, 9.17) is 19.9 Å². The molecule has 0 unspecified atom stereocenters. The summed E-state index contributed by atoms with van der Waals surface area (Å²) in [7, 11) is 3.88. The highest BCUT2D eigenvalue weighted by Crippen LogP contribution is 1.84. The van der Waals surface area contributed by atoms with Gasteiger partial charge < -0.3 is 30.2 Å². The van der Waals surface area contributed by atoms with Crippen molar-refractivity contribution >= 4 is 5.91 Å². The molecule has 0 saturated carbocycles. The molecule has 7 heteroatoms. The minimum Gasteiger partial charge on any atom is -0.378 e. The Morgan fingerprint density at radius 1 is 1.00 bits per heavy atom. The Balaban J connectivity index is 3.11. The number of hydrogen-bond acceptors (Lipinski definition) is 6. The van der Waals surface area contributed by atoms with Gasteiger partial charge in [-0.2, -0.15) is 0 Å². The van der Waals surface area contributed by atoms with Gasteiger partial charge in [0.25, 0.3) is 0 Å². The van der Waals surface area contributed by atoms with Gasteiger partial charge in [0.15, 0.2) is 0 Å². The lowest BCUT2D eigenvalue weighted by molar-refractivity contribution is -0.121. The summed E-state index contributed by atoms with van der Waals surface area (Å²) in [5.74, 6) is 0.0515. The van der Waals surface area contributed by atoms with E-state index < -0.39 is 0 Å². The van der Waals surface area contributed by atoms with Crippen LogP contribution in [-0.2, 0) is 19.0 Å². The maximum absolute atomic E-state index is 11.4. The summed E-state index contributed by atoms with van der Waals surface area (Å²) in [6.45, 7) is 5.03. The number of amides is 1. The van der Waals surface area contributed by atoms with Crippen molar-refractivity contribution in [1.29, 1.82) is 0 Å². The Morgan fingerprint density at radius 2 is 1.55 bits per heavy atom. The molecule has 0 aromatic carbocycles. The minimum atomic E-state index is 0.0515. The van der Waals surface area contributed by atoms with Crippen LogP contribution in [0.3, 0.4) is 0 Å². The number of rotatable bonds is 14. The van der Waals surface area contributed by atoms with Gasteiger partial charge in [0.2, 0.25) is 5.91 Å². The number of nitrogens with two attached hydrogens (primary N) is 1. The van der Waals surface area contributed by atoms with Gasteiger partial charge in [0.1, 0.15) is 0 Å². The quantitative estimate of drug-likeness (QED) is 0.402. The third kappa shape index (κ3) is 15.3. The molecule has 0 rings (SSSR count). The molecule has 3 N–H and O–H groups in total. The van der Waals surface area contributed by atoms with Crippen molar-refractivity contribution in [1.82, 2.24) is 10.2 Å². The first-order valence-corrected chi connectivity index (χ1v) is 7.01. The van der Waals surface area contributed by atoms with E-state index in [9.17, 15) is 4.79 Å². The van der Waals surface area contributed by atoms with Gasteiger partial charge in [-0.15, -0.1) is 0 Å². The molecule has 0 atom stereocenters. The second-order valence-electron chi connectivity index (χ2n) is 4.53. The van der Waals surface area contributed by atoms with Gasteiger partial charge >= 0.3 is 0 Å². The topological polar surface area (TPSA) is 86.1 Å². The monoisotopic (exact) mass is 291 g/mol. The Labute approximate surface area is 121 Å². The molecule has 20 heavy (non-hydrogen) atoms. The van der Waals surface area contributed by atoms with Crippen molar-refractivity contribution in [2.24, 2.45) is 5.73 Å². The van der Waals surface area contributed by atoms with Crippen molar-refractivity contribution in [2.75, 3.05) is 73.4 Å². The third-order valence-electron chi connectivity index (χ3n) is 2.36. The maximum atomic E-state index is 11.4. The fraction of sp³-hybridized carbons (Fsp3) is 0.923. The molecule has 0 aromatic rings. The molecule has 0 radical (unpaired) electrons. The average molecular weight is 291 g/mol. The molecule has 0 spiro atoms. The summed E-state index contributed by atoms with van der Waals surface area (Å²) in [6, 6.07) is 0. The van der Waals surface area contributed by atoms with Crippen molar-refractivity contribution in [2.45, 2.75) is 6.42 Å². The fourth-order valence-corrected chi connectivity index (χ4v) is 1.30.